The minimum Gasteiger partial charge on any atom is -0.493 e. The van der Waals surface area contributed by atoms with E-state index in [1.807, 2.05) is 25.1 Å². The maximum atomic E-state index is 12.3. The molecule has 0 unspecified atom stereocenters. The van der Waals surface area contributed by atoms with Gasteiger partial charge in [0.15, 0.2) is 11.6 Å². The number of aromatic nitrogens is 2. The molecule has 2 aromatic heterocycles. The first-order chi connectivity index (χ1) is 10.1. The number of furan rings is 1. The summed E-state index contributed by atoms with van der Waals surface area (Å²) in [4.78, 5) is 19.0. The number of benzene rings is 1. The predicted octanol–water partition coefficient (Wildman–Crippen LogP) is 3.02. The molecule has 0 radical (unpaired) electrons. The van der Waals surface area contributed by atoms with Crippen LogP contribution in [0.25, 0.3) is 22.7 Å². The van der Waals surface area contributed by atoms with Crippen LogP contribution in [0.5, 0.6) is 5.88 Å². The molecule has 0 atom stereocenters. The van der Waals surface area contributed by atoms with Gasteiger partial charge in [-0.15, -0.1) is 0 Å². The Morgan fingerprint density at radius 1 is 1.14 bits per heavy atom. The second-order valence-electron chi connectivity index (χ2n) is 4.84. The van der Waals surface area contributed by atoms with E-state index in [1.54, 1.807) is 25.1 Å². The molecule has 0 saturated heterocycles. The van der Waals surface area contributed by atoms with Crippen LogP contribution >= 0.6 is 0 Å². The molecule has 0 bridgehead atoms. The Hall–Kier alpha value is -2.82. The highest BCUT2D eigenvalue weighted by Gasteiger charge is 2.16. The van der Waals surface area contributed by atoms with Crippen LogP contribution in [-0.2, 0) is 0 Å². The fourth-order valence-electron chi connectivity index (χ4n) is 2.24. The van der Waals surface area contributed by atoms with E-state index in [0.29, 0.717) is 17.1 Å². The molecule has 0 spiro atoms. The summed E-state index contributed by atoms with van der Waals surface area (Å²) >= 11 is 0. The first kappa shape index (κ1) is 13.2. The Balaban J connectivity index is 2.18. The third kappa shape index (κ3) is 2.33. The highest BCUT2D eigenvalue weighted by Crippen LogP contribution is 2.28. The molecule has 0 fully saturated rings. The van der Waals surface area contributed by atoms with E-state index in [0.717, 1.165) is 5.56 Å². The van der Waals surface area contributed by atoms with Crippen molar-refractivity contribution < 1.29 is 9.52 Å². The second kappa shape index (κ2) is 4.94. The van der Waals surface area contributed by atoms with Crippen LogP contribution in [0.2, 0.25) is 0 Å². The Labute approximate surface area is 120 Å². The van der Waals surface area contributed by atoms with Gasteiger partial charge in [0.2, 0.25) is 5.88 Å². The molecular weight excluding hydrogens is 268 g/mol. The highest BCUT2D eigenvalue weighted by atomic mass is 16.3. The Morgan fingerprint density at radius 3 is 2.52 bits per heavy atom. The normalized spacial score (nSPS) is 10.8. The maximum Gasteiger partial charge on any atom is 0.263 e. The van der Waals surface area contributed by atoms with Gasteiger partial charge in [-0.05, 0) is 37.1 Å². The zero-order chi connectivity index (χ0) is 15.0. The number of nitrogens with one attached hydrogen (secondary N) is 1. The Morgan fingerprint density at radius 2 is 1.90 bits per heavy atom. The highest BCUT2D eigenvalue weighted by molar-refractivity contribution is 5.71. The first-order valence-electron chi connectivity index (χ1n) is 6.52. The topological polar surface area (TPSA) is 79.1 Å². The number of nitrogens with zero attached hydrogens (tertiary/aromatic N) is 1. The van der Waals surface area contributed by atoms with Crippen molar-refractivity contribution in [1.82, 2.24) is 9.97 Å². The zero-order valence-electron chi connectivity index (χ0n) is 11.7. The molecule has 3 aromatic rings. The van der Waals surface area contributed by atoms with E-state index >= 15 is 0 Å². The van der Waals surface area contributed by atoms with E-state index < -0.39 is 5.56 Å². The number of hydrogen-bond acceptors (Lipinski definition) is 4. The van der Waals surface area contributed by atoms with Gasteiger partial charge in [-0.3, -0.25) is 4.79 Å². The number of aromatic amines is 1. The smallest absolute Gasteiger partial charge is 0.263 e. The van der Waals surface area contributed by atoms with E-state index in [1.165, 1.54) is 0 Å². The van der Waals surface area contributed by atoms with Gasteiger partial charge in [0.25, 0.3) is 5.56 Å². The van der Waals surface area contributed by atoms with E-state index in [2.05, 4.69) is 9.97 Å². The molecular formula is C16H14N2O3. The molecule has 3 rings (SSSR count). The van der Waals surface area contributed by atoms with Crippen LogP contribution in [0.1, 0.15) is 11.3 Å². The van der Waals surface area contributed by atoms with Crippen molar-refractivity contribution >= 4 is 0 Å². The van der Waals surface area contributed by atoms with Gasteiger partial charge in [-0.2, -0.15) is 4.98 Å². The Kier molecular flexibility index (Phi) is 3.10. The Bertz CT molecular complexity index is 862. The van der Waals surface area contributed by atoms with Crippen LogP contribution in [0.15, 0.2) is 45.6 Å². The maximum absolute atomic E-state index is 12.3. The molecule has 0 aliphatic carbocycles. The van der Waals surface area contributed by atoms with Gasteiger partial charge in [0.1, 0.15) is 11.3 Å². The summed E-state index contributed by atoms with van der Waals surface area (Å²) in [5.41, 5.74) is 1.31. The van der Waals surface area contributed by atoms with Crippen molar-refractivity contribution in [3.05, 3.63) is 58.1 Å². The van der Waals surface area contributed by atoms with Crippen molar-refractivity contribution in [2.45, 2.75) is 13.8 Å². The quantitative estimate of drug-likeness (QED) is 0.757. The molecule has 2 heterocycles. The fraction of sp³-hybridized carbons (Fsp3) is 0.125. The average molecular weight is 282 g/mol. The summed E-state index contributed by atoms with van der Waals surface area (Å²) in [6, 6.07) is 10.8. The summed E-state index contributed by atoms with van der Waals surface area (Å²) in [5, 5.41) is 10.1. The number of rotatable bonds is 2. The third-order valence-electron chi connectivity index (χ3n) is 3.29. The summed E-state index contributed by atoms with van der Waals surface area (Å²) in [5.74, 6) is 1.02. The SMILES string of the molecule is Cc1ccc(-c2nc(O)c(-c3ccccc3C)c(=O)[nH]2)o1. The molecule has 1 aromatic carbocycles. The van der Waals surface area contributed by atoms with E-state index in [4.69, 9.17) is 4.42 Å². The van der Waals surface area contributed by atoms with Crippen LogP contribution < -0.4 is 5.56 Å². The molecule has 2 N–H and O–H groups in total. The van der Waals surface area contributed by atoms with Gasteiger partial charge >= 0.3 is 0 Å². The van der Waals surface area contributed by atoms with Crippen LogP contribution in [0.4, 0.5) is 0 Å². The van der Waals surface area contributed by atoms with Gasteiger partial charge in [0.05, 0.1) is 0 Å². The lowest BCUT2D eigenvalue weighted by molar-refractivity contribution is 0.452. The standard InChI is InChI=1S/C16H14N2O3/c1-9-5-3-4-6-11(9)13-15(19)17-14(18-16(13)20)12-8-7-10(2)21-12/h3-8H,1-2H3,(H2,17,18,19,20). The van der Waals surface area contributed by atoms with Crippen LogP contribution in [0, 0.1) is 13.8 Å². The van der Waals surface area contributed by atoms with Crippen LogP contribution in [-0.4, -0.2) is 15.1 Å². The monoisotopic (exact) mass is 282 g/mol. The summed E-state index contributed by atoms with van der Waals surface area (Å²) in [6.45, 7) is 3.67. The molecule has 106 valence electrons. The average Bonchev–Trinajstić information content (AvgIpc) is 2.87. The van der Waals surface area contributed by atoms with E-state index in [9.17, 15) is 9.90 Å². The minimum atomic E-state index is -0.402. The van der Waals surface area contributed by atoms with Gasteiger partial charge in [-0.25, -0.2) is 0 Å². The van der Waals surface area contributed by atoms with Gasteiger partial charge in [-0.1, -0.05) is 24.3 Å². The lowest BCUT2D eigenvalue weighted by Crippen LogP contribution is -2.12. The fourth-order valence-corrected chi connectivity index (χ4v) is 2.24. The molecule has 5 heteroatoms. The lowest BCUT2D eigenvalue weighted by Gasteiger charge is -2.07. The number of H-pyrrole nitrogens is 1. The molecule has 0 aliphatic heterocycles. The van der Waals surface area contributed by atoms with Gasteiger partial charge < -0.3 is 14.5 Å². The third-order valence-corrected chi connectivity index (χ3v) is 3.29. The van der Waals surface area contributed by atoms with Crippen molar-refractivity contribution in [3.8, 4) is 28.6 Å². The van der Waals surface area contributed by atoms with Crippen LogP contribution in [0.3, 0.4) is 0 Å². The minimum absolute atomic E-state index is 0.167. The second-order valence-corrected chi connectivity index (χ2v) is 4.84. The largest absolute Gasteiger partial charge is 0.493 e. The molecule has 21 heavy (non-hydrogen) atoms. The van der Waals surface area contributed by atoms with Crippen molar-refractivity contribution in [1.29, 1.82) is 0 Å². The first-order valence-corrected chi connectivity index (χ1v) is 6.52. The molecule has 5 nitrogen and oxygen atoms in total. The van der Waals surface area contributed by atoms with Crippen molar-refractivity contribution in [2.75, 3.05) is 0 Å². The number of aryl methyl sites for hydroxylation is 2. The molecule has 0 saturated carbocycles. The zero-order valence-corrected chi connectivity index (χ0v) is 11.7. The number of hydrogen-bond donors (Lipinski definition) is 2. The summed E-state index contributed by atoms with van der Waals surface area (Å²) in [6.07, 6.45) is 0. The number of aromatic hydroxyl groups is 1. The molecule has 0 aliphatic rings. The van der Waals surface area contributed by atoms with Crippen molar-refractivity contribution in [2.24, 2.45) is 0 Å². The summed E-state index contributed by atoms with van der Waals surface area (Å²) in [7, 11) is 0. The van der Waals surface area contributed by atoms with E-state index in [-0.39, 0.29) is 17.3 Å². The lowest BCUT2D eigenvalue weighted by atomic mass is 10.0. The van der Waals surface area contributed by atoms with Crippen molar-refractivity contribution in [3.63, 3.8) is 0 Å². The van der Waals surface area contributed by atoms with Gasteiger partial charge in [0, 0.05) is 0 Å². The predicted molar refractivity (Wildman–Crippen MR) is 79.1 cm³/mol. The summed E-state index contributed by atoms with van der Waals surface area (Å²) < 4.78 is 5.41. The molecule has 0 amide bonds.